The molecule has 1 aromatic heterocycles. The van der Waals surface area contributed by atoms with Crippen LogP contribution in [0.5, 0.6) is 0 Å². The van der Waals surface area contributed by atoms with E-state index in [4.69, 9.17) is 0 Å². The van der Waals surface area contributed by atoms with Gasteiger partial charge in [0, 0.05) is 11.7 Å². The summed E-state index contributed by atoms with van der Waals surface area (Å²) in [5.74, 6) is -0.197. The van der Waals surface area contributed by atoms with Gasteiger partial charge in [-0.3, -0.25) is 4.21 Å². The van der Waals surface area contributed by atoms with Crippen molar-refractivity contribution in [1.82, 2.24) is 9.97 Å². The van der Waals surface area contributed by atoms with Crippen LogP contribution in [0.4, 0.5) is 4.39 Å². The van der Waals surface area contributed by atoms with Crippen molar-refractivity contribution in [3.8, 4) is 0 Å². The van der Waals surface area contributed by atoms with Crippen LogP contribution in [0.3, 0.4) is 0 Å². The van der Waals surface area contributed by atoms with Gasteiger partial charge in [-0.05, 0) is 0 Å². The Labute approximate surface area is 77.5 Å². The number of rotatable bonds is 3. The van der Waals surface area contributed by atoms with Crippen LogP contribution in [0.25, 0.3) is 0 Å². The van der Waals surface area contributed by atoms with Gasteiger partial charge in [-0.25, -0.2) is 14.4 Å². The fourth-order valence-electron chi connectivity index (χ4n) is 0.770. The van der Waals surface area contributed by atoms with Gasteiger partial charge in [0.1, 0.15) is 5.82 Å². The summed E-state index contributed by atoms with van der Waals surface area (Å²) in [5, 5.41) is -0.550. The zero-order valence-corrected chi connectivity index (χ0v) is 7.75. The highest BCUT2D eigenvalue weighted by molar-refractivity contribution is 7.79. The van der Waals surface area contributed by atoms with E-state index in [1.54, 1.807) is 0 Å². The van der Waals surface area contributed by atoms with Gasteiger partial charge < -0.3 is 4.55 Å². The van der Waals surface area contributed by atoms with Crippen molar-refractivity contribution >= 4 is 11.1 Å². The molecule has 13 heavy (non-hydrogen) atoms. The van der Waals surface area contributed by atoms with Crippen molar-refractivity contribution in [3.05, 3.63) is 24.0 Å². The van der Waals surface area contributed by atoms with Crippen molar-refractivity contribution < 1.29 is 13.2 Å². The Morgan fingerprint density at radius 2 is 2.15 bits per heavy atom. The maximum absolute atomic E-state index is 12.3. The normalized spacial score (nSPS) is 15.3. The molecule has 6 heteroatoms. The number of nitrogens with zero attached hydrogens (tertiary/aromatic N) is 2. The van der Waals surface area contributed by atoms with E-state index in [1.807, 2.05) is 0 Å². The Kier molecular flexibility index (Phi) is 3.44. The topological polar surface area (TPSA) is 65.9 Å². The maximum atomic E-state index is 12.3. The maximum Gasteiger partial charge on any atom is 0.159 e. The van der Waals surface area contributed by atoms with E-state index < -0.39 is 22.1 Å². The summed E-state index contributed by atoms with van der Waals surface area (Å²) in [5.41, 5.74) is 0. The van der Waals surface area contributed by atoms with Gasteiger partial charge in [0.15, 0.2) is 5.82 Å². The largest absolute Gasteiger partial charge is 0.772 e. The monoisotopic (exact) mass is 203 g/mol. The molecule has 1 heterocycles. The highest BCUT2D eigenvalue weighted by atomic mass is 32.2. The first-order valence-electron chi connectivity index (χ1n) is 3.64. The minimum Gasteiger partial charge on any atom is -0.772 e. The van der Waals surface area contributed by atoms with Gasteiger partial charge >= 0.3 is 0 Å². The number of hydrogen-bond acceptors (Lipinski definition) is 4. The standard InChI is InChI=1S/C7H9FN2O2S/c1-5(13(11)12)2-7-9-3-6(8)4-10-7/h3-5H,2H2,1H3,(H,11,12)/p-1/t5-/m0/s1. The first kappa shape index (κ1) is 10.2. The second kappa shape index (κ2) is 4.38. The molecule has 0 saturated carbocycles. The van der Waals surface area contributed by atoms with Crippen LogP contribution in [-0.2, 0) is 17.5 Å². The molecule has 2 atom stereocenters. The minimum absolute atomic E-state index is 0.205. The SMILES string of the molecule is C[C@@H](Cc1ncc(F)cn1)S(=O)[O-]. The van der Waals surface area contributed by atoms with Crippen molar-refractivity contribution in [3.63, 3.8) is 0 Å². The number of hydrogen-bond donors (Lipinski definition) is 0. The summed E-state index contributed by atoms with van der Waals surface area (Å²) in [4.78, 5) is 7.28. The minimum atomic E-state index is -2.14. The van der Waals surface area contributed by atoms with Gasteiger partial charge in [0.05, 0.1) is 12.4 Å². The zero-order valence-electron chi connectivity index (χ0n) is 6.94. The Hall–Kier alpha value is -0.880. The Morgan fingerprint density at radius 1 is 1.62 bits per heavy atom. The van der Waals surface area contributed by atoms with Crippen LogP contribution in [0.1, 0.15) is 12.7 Å². The smallest absolute Gasteiger partial charge is 0.159 e. The summed E-state index contributed by atoms with van der Waals surface area (Å²) >= 11 is -2.14. The lowest BCUT2D eigenvalue weighted by Gasteiger charge is -2.12. The first-order valence-corrected chi connectivity index (χ1v) is 4.78. The number of aromatic nitrogens is 2. The van der Waals surface area contributed by atoms with Crippen LogP contribution in [0.2, 0.25) is 0 Å². The van der Waals surface area contributed by atoms with E-state index in [0.29, 0.717) is 5.82 Å². The quantitative estimate of drug-likeness (QED) is 0.668. The van der Waals surface area contributed by atoms with Crippen molar-refractivity contribution in [2.45, 2.75) is 18.6 Å². The van der Waals surface area contributed by atoms with E-state index in [2.05, 4.69) is 9.97 Å². The summed E-state index contributed by atoms with van der Waals surface area (Å²) in [6.45, 7) is 1.54. The molecule has 1 aromatic rings. The molecule has 0 radical (unpaired) electrons. The molecular formula is C7H8FN2O2S-. The summed E-state index contributed by atoms with van der Waals surface area (Å²) in [6.07, 6.45) is 2.24. The van der Waals surface area contributed by atoms with E-state index in [0.717, 1.165) is 12.4 Å². The molecule has 0 amide bonds. The van der Waals surface area contributed by atoms with Gasteiger partial charge in [0.2, 0.25) is 0 Å². The molecule has 0 aliphatic heterocycles. The lowest BCUT2D eigenvalue weighted by Crippen LogP contribution is -2.15. The first-order chi connectivity index (χ1) is 6.09. The van der Waals surface area contributed by atoms with Gasteiger partial charge in [0.25, 0.3) is 0 Å². The Balaban J connectivity index is 2.64. The summed E-state index contributed by atoms with van der Waals surface area (Å²) in [7, 11) is 0. The lowest BCUT2D eigenvalue weighted by atomic mass is 10.3. The molecule has 0 N–H and O–H groups in total. The molecule has 0 aliphatic rings. The highest BCUT2D eigenvalue weighted by Crippen LogP contribution is 2.01. The van der Waals surface area contributed by atoms with E-state index in [1.165, 1.54) is 6.92 Å². The van der Waals surface area contributed by atoms with E-state index >= 15 is 0 Å². The molecule has 4 nitrogen and oxygen atoms in total. The molecule has 0 fully saturated rings. The average molecular weight is 203 g/mol. The molecule has 0 aromatic carbocycles. The third-order valence-electron chi connectivity index (χ3n) is 1.47. The van der Waals surface area contributed by atoms with Gasteiger partial charge in [-0.15, -0.1) is 0 Å². The number of halogens is 1. The average Bonchev–Trinajstić information content (AvgIpc) is 2.08. The molecule has 0 saturated heterocycles. The fourth-order valence-corrected chi connectivity index (χ4v) is 1.05. The van der Waals surface area contributed by atoms with E-state index in [-0.39, 0.29) is 6.42 Å². The molecule has 1 rings (SSSR count). The molecule has 72 valence electrons. The third-order valence-corrected chi connectivity index (χ3v) is 2.30. The molecule has 1 unspecified atom stereocenters. The predicted molar refractivity (Wildman–Crippen MR) is 44.1 cm³/mol. The third kappa shape index (κ3) is 3.16. The van der Waals surface area contributed by atoms with Gasteiger partial charge in [-0.2, -0.15) is 0 Å². The summed E-state index contributed by atoms with van der Waals surface area (Å²) in [6, 6.07) is 0. The van der Waals surface area contributed by atoms with Crippen LogP contribution in [-0.4, -0.2) is 24.0 Å². The van der Waals surface area contributed by atoms with Gasteiger partial charge in [-0.1, -0.05) is 18.0 Å². The molecule has 0 aliphatic carbocycles. The second-order valence-electron chi connectivity index (χ2n) is 2.59. The van der Waals surface area contributed by atoms with E-state index in [9.17, 15) is 13.2 Å². The molecular weight excluding hydrogens is 195 g/mol. The zero-order chi connectivity index (χ0) is 9.84. The van der Waals surface area contributed by atoms with Crippen molar-refractivity contribution in [1.29, 1.82) is 0 Å². The Morgan fingerprint density at radius 3 is 2.62 bits per heavy atom. The Bertz CT molecular complexity index is 304. The predicted octanol–water partition coefficient (Wildman–Crippen LogP) is 0.426. The van der Waals surface area contributed by atoms with Crippen LogP contribution >= 0.6 is 0 Å². The lowest BCUT2D eigenvalue weighted by molar-refractivity contribution is 0.522. The van der Waals surface area contributed by atoms with Crippen LogP contribution in [0.15, 0.2) is 12.4 Å². The van der Waals surface area contributed by atoms with Crippen molar-refractivity contribution in [2.75, 3.05) is 0 Å². The summed E-state index contributed by atoms with van der Waals surface area (Å²) < 4.78 is 33.2. The second-order valence-corrected chi connectivity index (χ2v) is 3.92. The fraction of sp³-hybridized carbons (Fsp3) is 0.429. The van der Waals surface area contributed by atoms with Crippen LogP contribution < -0.4 is 0 Å². The van der Waals surface area contributed by atoms with Crippen LogP contribution in [0, 0.1) is 5.82 Å². The molecule has 0 bridgehead atoms. The van der Waals surface area contributed by atoms with Crippen molar-refractivity contribution in [2.24, 2.45) is 0 Å². The highest BCUT2D eigenvalue weighted by Gasteiger charge is 2.05. The molecule has 0 spiro atoms.